The maximum Gasteiger partial charge on any atom is 0.162 e. The molecule has 2 aliphatic heterocycles. The molecule has 1 fully saturated rings. The van der Waals surface area contributed by atoms with Gasteiger partial charge in [-0.25, -0.2) is 8.78 Å². The molecule has 0 spiro atoms. The fourth-order valence-corrected chi connectivity index (χ4v) is 4.98. The highest BCUT2D eigenvalue weighted by molar-refractivity contribution is 7.85. The summed E-state index contributed by atoms with van der Waals surface area (Å²) in [4.78, 5) is 3.10. The van der Waals surface area contributed by atoms with Crippen LogP contribution >= 0.6 is 0 Å². The van der Waals surface area contributed by atoms with E-state index in [0.717, 1.165) is 54.9 Å². The van der Waals surface area contributed by atoms with Gasteiger partial charge in [0.25, 0.3) is 0 Å². The van der Waals surface area contributed by atoms with Gasteiger partial charge in [0.15, 0.2) is 18.4 Å². The molecule has 0 aliphatic carbocycles. The van der Waals surface area contributed by atoms with Crippen molar-refractivity contribution in [3.8, 4) is 5.75 Å². The summed E-state index contributed by atoms with van der Waals surface area (Å²) >= 11 is 0. The molecule has 7 heteroatoms. The molecule has 1 N–H and O–H groups in total. The van der Waals surface area contributed by atoms with Crippen LogP contribution in [0.25, 0.3) is 0 Å². The topological polar surface area (TPSA) is 41.6 Å². The highest BCUT2D eigenvalue weighted by atomic mass is 32.2. The summed E-state index contributed by atoms with van der Waals surface area (Å²) in [6.45, 7) is 3.02. The van der Waals surface area contributed by atoms with Gasteiger partial charge >= 0.3 is 0 Å². The molecule has 2 aromatic carbocycles. The second kappa shape index (κ2) is 8.57. The Morgan fingerprint density at radius 2 is 2.00 bits per heavy atom. The molecule has 0 aromatic heterocycles. The summed E-state index contributed by atoms with van der Waals surface area (Å²) in [6.07, 6.45) is 2.47. The standard InChI is InChI=1S/C21H24F2N2O2S/c22-18-3-1-2-16(21(18)23)12-15-6-8-25(9-7-15)10-11-28(26)17-4-5-19-20(13-17)27-14-24-19/h1-5,13,15,24H,6-12,14H2. The van der Waals surface area contributed by atoms with Crippen LogP contribution in [0.4, 0.5) is 14.5 Å². The summed E-state index contributed by atoms with van der Waals surface area (Å²) in [6, 6.07) is 10.0. The average Bonchev–Trinajstić information content (AvgIpc) is 3.18. The van der Waals surface area contributed by atoms with Crippen molar-refractivity contribution in [1.29, 1.82) is 0 Å². The zero-order valence-electron chi connectivity index (χ0n) is 15.6. The summed E-state index contributed by atoms with van der Waals surface area (Å²) in [5.41, 5.74) is 1.41. The number of fused-ring (bicyclic) bond motifs is 1. The van der Waals surface area contributed by atoms with Crippen LogP contribution in [-0.2, 0) is 17.2 Å². The van der Waals surface area contributed by atoms with Gasteiger partial charge in [-0.05, 0) is 68.1 Å². The van der Waals surface area contributed by atoms with Crippen LogP contribution in [-0.4, -0.2) is 41.2 Å². The number of hydrogen-bond donors (Lipinski definition) is 1. The smallest absolute Gasteiger partial charge is 0.162 e. The number of halogens is 2. The predicted molar refractivity (Wildman–Crippen MR) is 106 cm³/mol. The van der Waals surface area contributed by atoms with Crippen molar-refractivity contribution in [1.82, 2.24) is 4.90 Å². The van der Waals surface area contributed by atoms with E-state index in [1.54, 1.807) is 12.1 Å². The third-order valence-electron chi connectivity index (χ3n) is 5.55. The Kier molecular flexibility index (Phi) is 5.92. The van der Waals surface area contributed by atoms with E-state index >= 15 is 0 Å². The molecule has 1 unspecified atom stereocenters. The van der Waals surface area contributed by atoms with Crippen molar-refractivity contribution in [2.24, 2.45) is 5.92 Å². The van der Waals surface area contributed by atoms with Gasteiger partial charge in [-0.2, -0.15) is 0 Å². The molecule has 1 saturated heterocycles. The number of hydrogen-bond acceptors (Lipinski definition) is 4. The lowest BCUT2D eigenvalue weighted by Gasteiger charge is -2.32. The Morgan fingerprint density at radius 3 is 2.82 bits per heavy atom. The van der Waals surface area contributed by atoms with Gasteiger partial charge in [0.1, 0.15) is 5.75 Å². The van der Waals surface area contributed by atoms with Crippen molar-refractivity contribution < 1.29 is 17.7 Å². The molecule has 2 aliphatic rings. The largest absolute Gasteiger partial charge is 0.471 e. The third kappa shape index (κ3) is 4.36. The minimum absolute atomic E-state index is 0.361. The van der Waals surface area contributed by atoms with Gasteiger partial charge in [0.05, 0.1) is 16.5 Å². The molecule has 0 bridgehead atoms. The Hall–Kier alpha value is -1.99. The molecule has 1 atom stereocenters. The molecule has 150 valence electrons. The highest BCUT2D eigenvalue weighted by Crippen LogP contribution is 2.31. The molecular formula is C21H24F2N2O2S. The summed E-state index contributed by atoms with van der Waals surface area (Å²) in [7, 11) is -1.06. The van der Waals surface area contributed by atoms with Crippen LogP contribution in [0.1, 0.15) is 18.4 Å². The van der Waals surface area contributed by atoms with Crippen molar-refractivity contribution in [2.45, 2.75) is 24.2 Å². The number of nitrogens with one attached hydrogen (secondary N) is 1. The summed E-state index contributed by atoms with van der Waals surface area (Å²) in [5.74, 6) is 0.213. The second-order valence-electron chi connectivity index (χ2n) is 7.38. The Balaban J connectivity index is 1.24. The number of piperidine rings is 1. The van der Waals surface area contributed by atoms with E-state index in [1.165, 1.54) is 0 Å². The summed E-state index contributed by atoms with van der Waals surface area (Å²) in [5, 5.41) is 3.10. The predicted octanol–water partition coefficient (Wildman–Crippen LogP) is 3.79. The van der Waals surface area contributed by atoms with Crippen LogP contribution in [0.5, 0.6) is 5.75 Å². The number of nitrogens with zero attached hydrogens (tertiary/aromatic N) is 1. The average molecular weight is 406 g/mol. The van der Waals surface area contributed by atoms with E-state index in [9.17, 15) is 13.0 Å². The van der Waals surface area contributed by atoms with Gasteiger partial charge < -0.3 is 15.0 Å². The third-order valence-corrected chi connectivity index (χ3v) is 6.88. The quantitative estimate of drug-likeness (QED) is 0.793. The van der Waals surface area contributed by atoms with E-state index < -0.39 is 22.4 Å². The number of benzene rings is 2. The molecule has 4 nitrogen and oxygen atoms in total. The number of likely N-dealkylation sites (tertiary alicyclic amines) is 1. The first-order chi connectivity index (χ1) is 13.6. The highest BCUT2D eigenvalue weighted by Gasteiger charge is 2.22. The second-order valence-corrected chi connectivity index (χ2v) is 8.95. The van der Waals surface area contributed by atoms with E-state index in [0.29, 0.717) is 30.4 Å². The monoisotopic (exact) mass is 406 g/mol. The van der Waals surface area contributed by atoms with Crippen LogP contribution in [0.15, 0.2) is 41.3 Å². The van der Waals surface area contributed by atoms with Crippen LogP contribution in [0, 0.1) is 17.6 Å². The lowest BCUT2D eigenvalue weighted by Crippen LogP contribution is -2.36. The van der Waals surface area contributed by atoms with E-state index in [-0.39, 0.29) is 0 Å². The first-order valence-corrected chi connectivity index (χ1v) is 11.0. The van der Waals surface area contributed by atoms with E-state index in [1.807, 2.05) is 18.2 Å². The van der Waals surface area contributed by atoms with E-state index in [4.69, 9.17) is 4.74 Å². The van der Waals surface area contributed by atoms with Crippen molar-refractivity contribution >= 4 is 16.5 Å². The maximum absolute atomic E-state index is 13.9. The van der Waals surface area contributed by atoms with E-state index in [2.05, 4.69) is 10.2 Å². The normalized spacial score (nSPS) is 18.4. The van der Waals surface area contributed by atoms with Crippen LogP contribution < -0.4 is 10.1 Å². The zero-order valence-corrected chi connectivity index (χ0v) is 16.4. The van der Waals surface area contributed by atoms with Crippen LogP contribution in [0.3, 0.4) is 0 Å². The minimum atomic E-state index is -1.06. The van der Waals surface area contributed by atoms with Gasteiger partial charge in [-0.3, -0.25) is 4.21 Å². The Labute approximate surface area is 166 Å². The van der Waals surface area contributed by atoms with Gasteiger partial charge in [0.2, 0.25) is 0 Å². The van der Waals surface area contributed by atoms with Gasteiger partial charge in [-0.1, -0.05) is 12.1 Å². The molecule has 2 heterocycles. The fraction of sp³-hybridized carbons (Fsp3) is 0.429. The van der Waals surface area contributed by atoms with Crippen LogP contribution in [0.2, 0.25) is 0 Å². The van der Waals surface area contributed by atoms with Gasteiger partial charge in [0, 0.05) is 17.2 Å². The molecular weight excluding hydrogens is 382 g/mol. The number of rotatable bonds is 6. The first kappa shape index (κ1) is 19.3. The SMILES string of the molecule is O=S(CCN1CCC(Cc2cccc(F)c2F)CC1)c1ccc2c(c1)OCN2. The lowest BCUT2D eigenvalue weighted by molar-refractivity contribution is 0.192. The minimum Gasteiger partial charge on any atom is -0.471 e. The zero-order chi connectivity index (χ0) is 19.5. The molecule has 4 rings (SSSR count). The molecule has 0 amide bonds. The molecule has 0 radical (unpaired) electrons. The van der Waals surface area contributed by atoms with Crippen molar-refractivity contribution in [3.05, 3.63) is 53.6 Å². The summed E-state index contributed by atoms with van der Waals surface area (Å²) < 4.78 is 45.3. The number of ether oxygens (including phenoxy) is 1. The lowest BCUT2D eigenvalue weighted by atomic mass is 9.90. The molecule has 28 heavy (non-hydrogen) atoms. The van der Waals surface area contributed by atoms with Crippen molar-refractivity contribution in [2.75, 3.05) is 37.4 Å². The first-order valence-electron chi connectivity index (χ1n) is 9.64. The fourth-order valence-electron chi connectivity index (χ4n) is 3.86. The van der Waals surface area contributed by atoms with Crippen molar-refractivity contribution in [3.63, 3.8) is 0 Å². The Morgan fingerprint density at radius 1 is 1.18 bits per heavy atom. The maximum atomic E-state index is 13.9. The van der Waals surface area contributed by atoms with Gasteiger partial charge in [-0.15, -0.1) is 0 Å². The number of anilines is 1. The Bertz CT molecular complexity index is 869. The molecule has 2 aromatic rings. The molecule has 0 saturated carbocycles.